The molecular weight excluding hydrogens is 354 g/mol. The number of hydrogen-bond donors (Lipinski definition) is 2. The van der Waals surface area contributed by atoms with Crippen molar-refractivity contribution >= 4 is 12.0 Å². The van der Waals surface area contributed by atoms with E-state index in [0.29, 0.717) is 36.4 Å². The Kier molecular flexibility index (Phi) is 6.39. The summed E-state index contributed by atoms with van der Waals surface area (Å²) in [6, 6.07) is 8.57. The summed E-state index contributed by atoms with van der Waals surface area (Å²) in [5.41, 5.74) is 3.74. The first-order chi connectivity index (χ1) is 13.4. The molecular formula is C22H31N3O3. The van der Waals surface area contributed by atoms with Gasteiger partial charge in [0.15, 0.2) is 0 Å². The van der Waals surface area contributed by atoms with Crippen LogP contribution in [0.15, 0.2) is 35.5 Å². The highest BCUT2D eigenvalue weighted by Gasteiger charge is 2.34. The van der Waals surface area contributed by atoms with Crippen LogP contribution in [0.3, 0.4) is 0 Å². The standard InChI is InChI=1S/C22H31N3O3/c1-5-28-21(26)20-15(4)23-22(27)24-19(20)13-25(18-10-11-18)12-16-6-8-17(9-7-16)14(2)3/h6-9,14-15,18H,5,10-13H2,1-4H3,(H2,23,24,27). The molecule has 0 bridgehead atoms. The highest BCUT2D eigenvalue weighted by atomic mass is 16.5. The molecule has 0 aromatic heterocycles. The van der Waals surface area contributed by atoms with E-state index < -0.39 is 0 Å². The van der Waals surface area contributed by atoms with Crippen LogP contribution in [0.1, 0.15) is 57.6 Å². The Morgan fingerprint density at radius 2 is 1.89 bits per heavy atom. The van der Waals surface area contributed by atoms with Crippen molar-refractivity contribution in [1.82, 2.24) is 15.5 Å². The van der Waals surface area contributed by atoms with Gasteiger partial charge >= 0.3 is 12.0 Å². The molecule has 1 heterocycles. The second kappa shape index (κ2) is 8.78. The SMILES string of the molecule is CCOC(=O)C1=C(CN(Cc2ccc(C(C)C)cc2)C2CC2)NC(=O)NC1C. The van der Waals surface area contributed by atoms with Gasteiger partial charge < -0.3 is 15.4 Å². The van der Waals surface area contributed by atoms with E-state index in [9.17, 15) is 9.59 Å². The van der Waals surface area contributed by atoms with E-state index in [0.717, 1.165) is 19.4 Å². The number of esters is 1. The first kappa shape index (κ1) is 20.4. The number of urea groups is 1. The molecule has 0 saturated heterocycles. The average Bonchev–Trinajstić information content (AvgIpc) is 3.46. The maximum absolute atomic E-state index is 12.5. The van der Waals surface area contributed by atoms with E-state index in [1.165, 1.54) is 11.1 Å². The summed E-state index contributed by atoms with van der Waals surface area (Å²) in [7, 11) is 0. The van der Waals surface area contributed by atoms with E-state index >= 15 is 0 Å². The third kappa shape index (κ3) is 4.93. The summed E-state index contributed by atoms with van der Waals surface area (Å²) in [6.45, 7) is 9.62. The molecule has 6 heteroatoms. The van der Waals surface area contributed by atoms with Crippen LogP contribution in [0, 0.1) is 0 Å². The van der Waals surface area contributed by atoms with Gasteiger partial charge in [0.05, 0.1) is 18.2 Å². The Balaban J connectivity index is 1.80. The van der Waals surface area contributed by atoms with Crippen molar-refractivity contribution in [2.24, 2.45) is 0 Å². The third-order valence-electron chi connectivity index (χ3n) is 5.32. The number of ether oxygens (including phenoxy) is 1. The Labute approximate surface area is 167 Å². The van der Waals surface area contributed by atoms with Crippen LogP contribution in [0.2, 0.25) is 0 Å². The zero-order chi connectivity index (χ0) is 20.3. The molecule has 1 aliphatic carbocycles. The predicted octanol–water partition coefficient (Wildman–Crippen LogP) is 3.29. The summed E-state index contributed by atoms with van der Waals surface area (Å²) < 4.78 is 5.22. The average molecular weight is 386 g/mol. The summed E-state index contributed by atoms with van der Waals surface area (Å²) >= 11 is 0. The van der Waals surface area contributed by atoms with Gasteiger partial charge in [-0.05, 0) is 43.7 Å². The zero-order valence-corrected chi connectivity index (χ0v) is 17.2. The molecule has 2 N–H and O–H groups in total. The topological polar surface area (TPSA) is 70.7 Å². The van der Waals surface area contributed by atoms with Crippen LogP contribution in [-0.4, -0.2) is 42.1 Å². The van der Waals surface area contributed by atoms with Crippen LogP contribution < -0.4 is 10.6 Å². The molecule has 1 aromatic rings. The third-order valence-corrected chi connectivity index (χ3v) is 5.32. The van der Waals surface area contributed by atoms with E-state index in [1.54, 1.807) is 6.92 Å². The van der Waals surface area contributed by atoms with Crippen LogP contribution in [0.4, 0.5) is 4.79 Å². The molecule has 1 unspecified atom stereocenters. The Bertz CT molecular complexity index is 751. The van der Waals surface area contributed by atoms with Crippen molar-refractivity contribution in [2.75, 3.05) is 13.2 Å². The molecule has 6 nitrogen and oxygen atoms in total. The normalized spacial score (nSPS) is 19.6. The van der Waals surface area contributed by atoms with Crippen LogP contribution in [0.5, 0.6) is 0 Å². The van der Waals surface area contributed by atoms with Gasteiger partial charge in [-0.25, -0.2) is 9.59 Å². The number of nitrogens with zero attached hydrogens (tertiary/aromatic N) is 1. The molecule has 0 spiro atoms. The van der Waals surface area contributed by atoms with Crippen molar-refractivity contribution in [3.63, 3.8) is 0 Å². The molecule has 3 rings (SSSR count). The number of amides is 2. The molecule has 1 aromatic carbocycles. The Morgan fingerprint density at radius 3 is 2.46 bits per heavy atom. The van der Waals surface area contributed by atoms with Gasteiger partial charge in [0.2, 0.25) is 0 Å². The lowest BCUT2D eigenvalue weighted by molar-refractivity contribution is -0.139. The maximum atomic E-state index is 12.5. The second-order valence-corrected chi connectivity index (χ2v) is 7.97. The highest BCUT2D eigenvalue weighted by Crippen LogP contribution is 2.30. The maximum Gasteiger partial charge on any atom is 0.337 e. The smallest absolute Gasteiger partial charge is 0.337 e. The van der Waals surface area contributed by atoms with Crippen molar-refractivity contribution in [3.05, 3.63) is 46.7 Å². The van der Waals surface area contributed by atoms with Crippen molar-refractivity contribution in [1.29, 1.82) is 0 Å². The van der Waals surface area contributed by atoms with Crippen LogP contribution in [0.25, 0.3) is 0 Å². The number of carbonyl (C=O) groups excluding carboxylic acids is 2. The Morgan fingerprint density at radius 1 is 1.21 bits per heavy atom. The number of rotatable bonds is 8. The summed E-state index contributed by atoms with van der Waals surface area (Å²) in [6.07, 6.45) is 2.29. The lowest BCUT2D eigenvalue weighted by Crippen LogP contribution is -2.51. The highest BCUT2D eigenvalue weighted by molar-refractivity contribution is 5.94. The minimum absolute atomic E-state index is 0.271. The lowest BCUT2D eigenvalue weighted by atomic mass is 10.0. The molecule has 1 aliphatic heterocycles. The van der Waals surface area contributed by atoms with Gasteiger partial charge in [0.25, 0.3) is 0 Å². The van der Waals surface area contributed by atoms with E-state index in [-0.39, 0.29) is 18.0 Å². The molecule has 28 heavy (non-hydrogen) atoms. The number of benzene rings is 1. The molecule has 1 fully saturated rings. The first-order valence-corrected chi connectivity index (χ1v) is 10.2. The summed E-state index contributed by atoms with van der Waals surface area (Å²) in [5, 5.41) is 5.60. The fraction of sp³-hybridized carbons (Fsp3) is 0.545. The van der Waals surface area contributed by atoms with Gasteiger partial charge in [0.1, 0.15) is 0 Å². The summed E-state index contributed by atoms with van der Waals surface area (Å²) in [5.74, 6) is 0.145. The van der Waals surface area contributed by atoms with Crippen molar-refractivity contribution in [3.8, 4) is 0 Å². The number of carbonyl (C=O) groups is 2. The van der Waals surface area contributed by atoms with Gasteiger partial charge in [0, 0.05) is 24.8 Å². The molecule has 1 saturated carbocycles. The zero-order valence-electron chi connectivity index (χ0n) is 17.2. The molecule has 1 atom stereocenters. The van der Waals surface area contributed by atoms with E-state index in [4.69, 9.17) is 4.74 Å². The van der Waals surface area contributed by atoms with E-state index in [1.807, 2.05) is 6.92 Å². The van der Waals surface area contributed by atoms with Crippen LogP contribution >= 0.6 is 0 Å². The van der Waals surface area contributed by atoms with Crippen molar-refractivity contribution < 1.29 is 14.3 Å². The number of nitrogens with one attached hydrogen (secondary N) is 2. The molecule has 2 aliphatic rings. The van der Waals surface area contributed by atoms with Gasteiger partial charge in [-0.1, -0.05) is 38.1 Å². The van der Waals surface area contributed by atoms with Gasteiger partial charge in [-0.3, -0.25) is 4.90 Å². The fourth-order valence-electron chi connectivity index (χ4n) is 3.60. The van der Waals surface area contributed by atoms with Gasteiger partial charge in [-0.15, -0.1) is 0 Å². The van der Waals surface area contributed by atoms with Crippen molar-refractivity contribution in [2.45, 2.75) is 65.1 Å². The molecule has 2 amide bonds. The Hall–Kier alpha value is -2.34. The first-order valence-electron chi connectivity index (χ1n) is 10.2. The molecule has 152 valence electrons. The second-order valence-electron chi connectivity index (χ2n) is 7.97. The van der Waals surface area contributed by atoms with Gasteiger partial charge in [-0.2, -0.15) is 0 Å². The quantitative estimate of drug-likeness (QED) is 0.674. The molecule has 0 radical (unpaired) electrons. The lowest BCUT2D eigenvalue weighted by Gasteiger charge is -2.30. The predicted molar refractivity (Wildman–Crippen MR) is 109 cm³/mol. The fourth-order valence-corrected chi connectivity index (χ4v) is 3.60. The summed E-state index contributed by atoms with van der Waals surface area (Å²) in [4.78, 5) is 26.8. The largest absolute Gasteiger partial charge is 0.463 e. The minimum atomic E-state index is -0.367. The monoisotopic (exact) mass is 385 g/mol. The van der Waals surface area contributed by atoms with Crippen LogP contribution in [-0.2, 0) is 16.1 Å². The number of hydrogen-bond acceptors (Lipinski definition) is 4. The van der Waals surface area contributed by atoms with E-state index in [2.05, 4.69) is 53.6 Å². The minimum Gasteiger partial charge on any atom is -0.463 e.